The van der Waals surface area contributed by atoms with Crippen molar-refractivity contribution in [2.75, 3.05) is 53.5 Å². The Balaban J connectivity index is 2.55. The maximum Gasteiger partial charge on any atom is 0.234 e. The summed E-state index contributed by atoms with van der Waals surface area (Å²) in [6.07, 6.45) is 2.73. The van der Waals surface area contributed by atoms with Gasteiger partial charge in [-0.3, -0.25) is 19.3 Å². The van der Waals surface area contributed by atoms with Gasteiger partial charge in [-0.15, -0.1) is 0 Å². The van der Waals surface area contributed by atoms with Crippen molar-refractivity contribution in [2.24, 2.45) is 16.2 Å². The number of likely N-dealkylation sites (tertiary alicyclic amines) is 1. The van der Waals surface area contributed by atoms with Gasteiger partial charge in [0, 0.05) is 44.3 Å². The van der Waals surface area contributed by atoms with E-state index < -0.39 is 10.2 Å². The van der Waals surface area contributed by atoms with E-state index in [9.17, 15) is 19.2 Å². The maximum atomic E-state index is 13.1. The average molecular weight is 571 g/mol. The SMILES string of the molecule is COCC1CCCN1C(=O)CC(C)(C)C(C)(C)CNC(=O)CN(C)CC(=O)NCC(C)(S)C(C)(C)CC(C)=O. The summed E-state index contributed by atoms with van der Waals surface area (Å²) in [5, 5.41) is 5.89. The Hall–Kier alpha value is -1.65. The van der Waals surface area contributed by atoms with Crippen LogP contribution < -0.4 is 10.6 Å². The van der Waals surface area contributed by atoms with Gasteiger partial charge < -0.3 is 25.1 Å². The molecule has 0 saturated carbocycles. The molecule has 1 saturated heterocycles. The quantitative estimate of drug-likeness (QED) is 0.246. The van der Waals surface area contributed by atoms with Crippen LogP contribution in [0.4, 0.5) is 0 Å². The summed E-state index contributed by atoms with van der Waals surface area (Å²) in [5.74, 6) is -0.177. The number of carbonyl (C=O) groups excluding carboxylic acids is 4. The highest BCUT2D eigenvalue weighted by atomic mass is 32.1. The van der Waals surface area contributed by atoms with Gasteiger partial charge in [0.2, 0.25) is 17.7 Å². The highest BCUT2D eigenvalue weighted by molar-refractivity contribution is 7.81. The number of ketones is 1. The van der Waals surface area contributed by atoms with Gasteiger partial charge in [-0.25, -0.2) is 0 Å². The molecule has 1 aliphatic rings. The number of hydrogen-bond acceptors (Lipinski definition) is 7. The molecule has 226 valence electrons. The molecular formula is C29H54N4O5S. The van der Waals surface area contributed by atoms with Gasteiger partial charge in [0.25, 0.3) is 0 Å². The fourth-order valence-electron chi connectivity index (χ4n) is 4.79. The molecule has 0 spiro atoms. The first-order valence-electron chi connectivity index (χ1n) is 14.0. The van der Waals surface area contributed by atoms with Crippen LogP contribution in [0.5, 0.6) is 0 Å². The molecule has 2 atom stereocenters. The Morgan fingerprint density at radius 3 is 1.95 bits per heavy atom. The third kappa shape index (κ3) is 10.7. The normalized spacial score (nSPS) is 18.2. The zero-order valence-corrected chi connectivity index (χ0v) is 26.9. The van der Waals surface area contributed by atoms with Gasteiger partial charge in [0.15, 0.2) is 0 Å². The molecule has 0 aromatic heterocycles. The summed E-state index contributed by atoms with van der Waals surface area (Å²) in [5.41, 5.74) is -1.08. The molecule has 0 radical (unpaired) electrons. The number of nitrogens with zero attached hydrogens (tertiary/aromatic N) is 2. The number of nitrogens with one attached hydrogen (secondary N) is 2. The summed E-state index contributed by atoms with van der Waals surface area (Å²) in [6.45, 7) is 17.9. The van der Waals surface area contributed by atoms with E-state index in [0.29, 0.717) is 32.5 Å². The molecule has 10 heteroatoms. The second kappa shape index (κ2) is 14.3. The van der Waals surface area contributed by atoms with Crippen molar-refractivity contribution in [3.05, 3.63) is 0 Å². The van der Waals surface area contributed by atoms with Crippen LogP contribution in [-0.2, 0) is 23.9 Å². The molecule has 0 bridgehead atoms. The topological polar surface area (TPSA) is 108 Å². The highest BCUT2D eigenvalue weighted by Crippen LogP contribution is 2.42. The zero-order valence-electron chi connectivity index (χ0n) is 26.0. The highest BCUT2D eigenvalue weighted by Gasteiger charge is 2.41. The second-order valence-electron chi connectivity index (χ2n) is 13.5. The molecular weight excluding hydrogens is 516 g/mol. The van der Waals surface area contributed by atoms with E-state index in [1.165, 1.54) is 0 Å². The van der Waals surface area contributed by atoms with E-state index >= 15 is 0 Å². The summed E-state index contributed by atoms with van der Waals surface area (Å²) in [6, 6.07) is 0.141. The molecule has 2 unspecified atom stereocenters. The number of carbonyl (C=O) groups is 4. The van der Waals surface area contributed by atoms with E-state index in [-0.39, 0.29) is 53.5 Å². The number of Topliss-reactive ketones (excluding diaryl/α,β-unsaturated/α-hetero) is 1. The van der Waals surface area contributed by atoms with E-state index in [2.05, 4.69) is 38.3 Å². The lowest BCUT2D eigenvalue weighted by Crippen LogP contribution is -2.50. The van der Waals surface area contributed by atoms with Crippen molar-refractivity contribution in [2.45, 2.75) is 91.9 Å². The van der Waals surface area contributed by atoms with Crippen LogP contribution >= 0.6 is 12.6 Å². The Morgan fingerprint density at radius 2 is 1.44 bits per heavy atom. The number of methoxy groups -OCH3 is 1. The van der Waals surface area contributed by atoms with Gasteiger partial charge in [-0.2, -0.15) is 12.6 Å². The monoisotopic (exact) mass is 570 g/mol. The van der Waals surface area contributed by atoms with Crippen molar-refractivity contribution >= 4 is 36.1 Å². The molecule has 1 aliphatic heterocycles. The predicted octanol–water partition coefficient (Wildman–Crippen LogP) is 2.92. The van der Waals surface area contributed by atoms with Crippen molar-refractivity contribution in [1.82, 2.24) is 20.4 Å². The number of ether oxygens (including phenoxy) is 1. The van der Waals surface area contributed by atoms with Gasteiger partial charge in [-0.1, -0.05) is 41.5 Å². The van der Waals surface area contributed by atoms with Crippen molar-refractivity contribution in [3.8, 4) is 0 Å². The third-order valence-corrected chi connectivity index (χ3v) is 9.58. The van der Waals surface area contributed by atoms with Crippen molar-refractivity contribution in [1.29, 1.82) is 0 Å². The third-order valence-electron chi connectivity index (χ3n) is 8.82. The molecule has 1 fully saturated rings. The average Bonchev–Trinajstić information content (AvgIpc) is 3.24. The van der Waals surface area contributed by atoms with Crippen molar-refractivity contribution in [3.63, 3.8) is 0 Å². The summed E-state index contributed by atoms with van der Waals surface area (Å²) in [4.78, 5) is 53.5. The van der Waals surface area contributed by atoms with Crippen LogP contribution in [-0.4, -0.2) is 97.6 Å². The van der Waals surface area contributed by atoms with Crippen LogP contribution in [0, 0.1) is 16.2 Å². The molecule has 2 N–H and O–H groups in total. The number of hydrogen-bond donors (Lipinski definition) is 3. The summed E-state index contributed by atoms with van der Waals surface area (Å²) < 4.78 is 4.71. The minimum absolute atomic E-state index is 0.0618. The van der Waals surface area contributed by atoms with Gasteiger partial charge in [0.05, 0.1) is 25.7 Å². The lowest BCUT2D eigenvalue weighted by molar-refractivity contribution is -0.137. The van der Waals surface area contributed by atoms with Gasteiger partial charge in [-0.05, 0) is 50.0 Å². The molecule has 1 heterocycles. The Labute approximate surface area is 241 Å². The first kappa shape index (κ1) is 35.4. The smallest absolute Gasteiger partial charge is 0.234 e. The Bertz CT molecular complexity index is 872. The Morgan fingerprint density at radius 1 is 0.897 bits per heavy atom. The Kier molecular flexibility index (Phi) is 13.0. The standard InChI is InChI=1S/C29H54N4O5S/c1-21(34)14-27(4,5)29(8,39)20-31-24(36)17-32(9)16-23(35)30-19-28(6,7)26(2,3)15-25(37)33-13-11-12-22(33)18-38-10/h22,39H,11-20H2,1-10H3,(H,30,35)(H,31,36). The minimum Gasteiger partial charge on any atom is -0.383 e. The van der Waals surface area contributed by atoms with E-state index in [1.54, 1.807) is 26.0 Å². The number of thiol groups is 1. The fourth-order valence-corrected chi connectivity index (χ4v) is 4.95. The van der Waals surface area contributed by atoms with E-state index in [0.717, 1.165) is 19.4 Å². The fraction of sp³-hybridized carbons (Fsp3) is 0.862. The molecule has 3 amide bonds. The van der Waals surface area contributed by atoms with Crippen LogP contribution in [0.3, 0.4) is 0 Å². The number of rotatable bonds is 16. The first-order chi connectivity index (χ1) is 17.7. The largest absolute Gasteiger partial charge is 0.383 e. The molecule has 1 rings (SSSR count). The van der Waals surface area contributed by atoms with Crippen LogP contribution in [0.1, 0.15) is 81.1 Å². The lowest BCUT2D eigenvalue weighted by Gasteiger charge is -2.42. The minimum atomic E-state index is -0.580. The number of amides is 3. The van der Waals surface area contributed by atoms with Gasteiger partial charge in [0.1, 0.15) is 5.78 Å². The van der Waals surface area contributed by atoms with Gasteiger partial charge >= 0.3 is 0 Å². The van der Waals surface area contributed by atoms with Crippen LogP contribution in [0.25, 0.3) is 0 Å². The summed E-state index contributed by atoms with van der Waals surface area (Å²) >= 11 is 4.73. The molecule has 9 nitrogen and oxygen atoms in total. The number of likely N-dealkylation sites (N-methyl/N-ethyl adjacent to an activating group) is 1. The van der Waals surface area contributed by atoms with E-state index in [4.69, 9.17) is 17.4 Å². The second-order valence-corrected chi connectivity index (χ2v) is 14.5. The zero-order chi connectivity index (χ0) is 30.2. The first-order valence-corrected chi connectivity index (χ1v) is 14.4. The van der Waals surface area contributed by atoms with Crippen LogP contribution in [0.2, 0.25) is 0 Å². The molecule has 0 aliphatic carbocycles. The van der Waals surface area contributed by atoms with Crippen molar-refractivity contribution < 1.29 is 23.9 Å². The summed E-state index contributed by atoms with van der Waals surface area (Å²) in [7, 11) is 3.39. The van der Waals surface area contributed by atoms with Crippen LogP contribution in [0.15, 0.2) is 0 Å². The molecule has 0 aromatic rings. The maximum absolute atomic E-state index is 13.1. The molecule has 0 aromatic carbocycles. The predicted molar refractivity (Wildman–Crippen MR) is 159 cm³/mol. The lowest BCUT2D eigenvalue weighted by atomic mass is 9.65. The van der Waals surface area contributed by atoms with E-state index in [1.807, 2.05) is 25.7 Å². The molecule has 39 heavy (non-hydrogen) atoms.